The summed E-state index contributed by atoms with van der Waals surface area (Å²) in [5, 5.41) is 16.5. The number of nitrogens with two attached hydrogens (primary N) is 2. The molecule has 0 aliphatic carbocycles. The number of aryl methyl sites for hydroxylation is 1. The number of hydrogen-bond acceptors (Lipinski definition) is 9. The lowest BCUT2D eigenvalue weighted by Crippen LogP contribution is -2.37. The highest BCUT2D eigenvalue weighted by Gasteiger charge is 2.38. The van der Waals surface area contributed by atoms with Crippen molar-refractivity contribution >= 4 is 33.8 Å². The van der Waals surface area contributed by atoms with Crippen LogP contribution in [0, 0.1) is 11.3 Å². The van der Waals surface area contributed by atoms with Crippen molar-refractivity contribution in [1.82, 2.24) is 19.7 Å². The Hall–Kier alpha value is -3.63. The summed E-state index contributed by atoms with van der Waals surface area (Å²) in [7, 11) is 1.61. The summed E-state index contributed by atoms with van der Waals surface area (Å²) in [6.45, 7) is -0.235. The fraction of sp³-hybridized carbons (Fsp3) is 0.350. The minimum Gasteiger partial charge on any atom is -0.389 e. The molecule has 13 heteroatoms. The van der Waals surface area contributed by atoms with Gasteiger partial charge in [-0.25, -0.2) is 18.7 Å². The van der Waals surface area contributed by atoms with E-state index in [-0.39, 0.29) is 22.1 Å². The zero-order valence-electron chi connectivity index (χ0n) is 17.6. The van der Waals surface area contributed by atoms with E-state index in [1.54, 1.807) is 19.2 Å². The van der Waals surface area contributed by atoms with Gasteiger partial charge in [-0.2, -0.15) is 10.4 Å². The van der Waals surface area contributed by atoms with Gasteiger partial charge < -0.3 is 21.7 Å². The van der Waals surface area contributed by atoms with Crippen LogP contribution in [0.5, 0.6) is 0 Å². The molecule has 172 valence electrons. The Morgan fingerprint density at radius 2 is 2.24 bits per heavy atom. The average molecular weight is 474 g/mol. The Morgan fingerprint density at radius 1 is 1.45 bits per heavy atom. The number of aromatic nitrogens is 4. The number of nitriles is 1. The van der Waals surface area contributed by atoms with Gasteiger partial charge >= 0.3 is 0 Å². The summed E-state index contributed by atoms with van der Waals surface area (Å²) >= 11 is 1.09. The number of nitrogens with one attached hydrogen (secondary N) is 1. The van der Waals surface area contributed by atoms with E-state index in [2.05, 4.69) is 20.4 Å². The Bertz CT molecular complexity index is 1230. The van der Waals surface area contributed by atoms with Crippen LogP contribution in [-0.4, -0.2) is 50.7 Å². The molecule has 5 N–H and O–H groups in total. The number of alkyl halides is 2. The van der Waals surface area contributed by atoms with E-state index in [0.717, 1.165) is 11.3 Å². The molecule has 0 aromatic carbocycles. The molecule has 3 aromatic rings. The number of carbonyl (C=O) groups is 1. The second-order valence-corrected chi connectivity index (χ2v) is 8.79. The first-order valence-corrected chi connectivity index (χ1v) is 10.8. The Kier molecular flexibility index (Phi) is 5.96. The molecular weight excluding hydrogens is 452 g/mol. The van der Waals surface area contributed by atoms with Gasteiger partial charge in [0, 0.05) is 37.8 Å². The Morgan fingerprint density at radius 3 is 3.00 bits per heavy atom. The van der Waals surface area contributed by atoms with Crippen LogP contribution in [0.4, 0.5) is 25.3 Å². The third-order valence-corrected chi connectivity index (χ3v) is 6.13. The molecule has 33 heavy (non-hydrogen) atoms. The molecule has 1 aliphatic heterocycles. The van der Waals surface area contributed by atoms with E-state index in [4.69, 9.17) is 16.7 Å². The highest BCUT2D eigenvalue weighted by Crippen LogP contribution is 2.34. The molecule has 10 nitrogen and oxygen atoms in total. The number of pyridine rings is 1. The number of rotatable bonds is 4. The van der Waals surface area contributed by atoms with Crippen LogP contribution in [-0.2, 0) is 7.05 Å². The second kappa shape index (κ2) is 8.72. The van der Waals surface area contributed by atoms with Gasteiger partial charge in [-0.1, -0.05) is 11.3 Å². The van der Waals surface area contributed by atoms with Gasteiger partial charge in [-0.05, 0) is 18.6 Å². The molecule has 4 heterocycles. The molecule has 4 rings (SSSR count). The van der Waals surface area contributed by atoms with E-state index in [9.17, 15) is 13.6 Å². The summed E-state index contributed by atoms with van der Waals surface area (Å²) in [5.74, 6) is -3.22. The fourth-order valence-corrected chi connectivity index (χ4v) is 4.55. The van der Waals surface area contributed by atoms with Crippen molar-refractivity contribution in [3.8, 4) is 16.6 Å². The molecule has 1 atom stereocenters. The quantitative estimate of drug-likeness (QED) is 0.522. The smallest absolute Gasteiger partial charge is 0.277 e. The SMILES string of the molecule is Cn1ncc(NC(=O)c2nc(-c3ccnc(C#N)c3)sc2N)c1N1CC[C@@H](N)CC(F)(F)C1. The van der Waals surface area contributed by atoms with E-state index in [1.807, 2.05) is 6.07 Å². The average Bonchev–Trinajstić information content (AvgIpc) is 3.29. The van der Waals surface area contributed by atoms with Crippen molar-refractivity contribution in [2.24, 2.45) is 12.8 Å². The van der Waals surface area contributed by atoms with E-state index >= 15 is 0 Å². The highest BCUT2D eigenvalue weighted by atomic mass is 32.1. The number of hydrogen-bond donors (Lipinski definition) is 3. The van der Waals surface area contributed by atoms with E-state index in [1.165, 1.54) is 22.0 Å². The van der Waals surface area contributed by atoms with E-state index in [0.29, 0.717) is 29.4 Å². The number of anilines is 3. The number of thiazole rings is 1. The minimum absolute atomic E-state index is 0.0108. The van der Waals surface area contributed by atoms with Crippen molar-refractivity contribution in [3.63, 3.8) is 0 Å². The number of halogens is 2. The lowest BCUT2D eigenvalue weighted by atomic mass is 10.1. The maximum atomic E-state index is 14.3. The van der Waals surface area contributed by atoms with Crippen LogP contribution >= 0.6 is 11.3 Å². The zero-order valence-corrected chi connectivity index (χ0v) is 18.4. The summed E-state index contributed by atoms with van der Waals surface area (Å²) in [4.78, 5) is 22.7. The normalized spacial score (nSPS) is 17.9. The lowest BCUT2D eigenvalue weighted by Gasteiger charge is -2.26. The molecular formula is C20H21F2N9OS. The number of amides is 1. The monoisotopic (exact) mass is 473 g/mol. The zero-order chi connectivity index (χ0) is 23.8. The van der Waals surface area contributed by atoms with Crippen molar-refractivity contribution in [3.05, 3.63) is 35.9 Å². The molecule has 0 saturated carbocycles. The molecule has 0 bridgehead atoms. The predicted octanol–water partition coefficient (Wildman–Crippen LogP) is 2.21. The molecule has 0 spiro atoms. The van der Waals surface area contributed by atoms with Crippen LogP contribution in [0.3, 0.4) is 0 Å². The van der Waals surface area contributed by atoms with Gasteiger partial charge in [-0.15, -0.1) is 0 Å². The molecule has 1 aliphatic rings. The predicted molar refractivity (Wildman–Crippen MR) is 120 cm³/mol. The van der Waals surface area contributed by atoms with Gasteiger partial charge in [0.1, 0.15) is 27.5 Å². The van der Waals surface area contributed by atoms with Gasteiger partial charge in [0.05, 0.1) is 12.7 Å². The Labute approximate surface area is 191 Å². The molecule has 0 unspecified atom stereocenters. The molecule has 1 saturated heterocycles. The summed E-state index contributed by atoms with van der Waals surface area (Å²) in [6.07, 6.45) is 2.84. The second-order valence-electron chi connectivity index (χ2n) is 7.76. The van der Waals surface area contributed by atoms with Gasteiger partial charge in [0.2, 0.25) is 0 Å². The fourth-order valence-electron chi connectivity index (χ4n) is 3.73. The first kappa shape index (κ1) is 22.6. The standard InChI is InChI=1S/C20H21F2N9OS/c1-30-19(31-5-3-12(24)7-20(21,22)10-31)14(9-27-30)28-17(32)15-16(25)33-18(29-15)11-2-4-26-13(6-11)8-23/h2,4,6,9,12H,3,5,7,10,24-25H2,1H3,(H,28,32)/t12-/m1/s1. The molecule has 0 radical (unpaired) electrons. The third kappa shape index (κ3) is 4.76. The van der Waals surface area contributed by atoms with Crippen LogP contribution in [0.25, 0.3) is 10.6 Å². The van der Waals surface area contributed by atoms with Crippen LogP contribution in [0.15, 0.2) is 24.5 Å². The van der Waals surface area contributed by atoms with Crippen LogP contribution in [0.2, 0.25) is 0 Å². The molecule has 3 aromatic heterocycles. The van der Waals surface area contributed by atoms with Crippen molar-refractivity contribution in [2.75, 3.05) is 29.0 Å². The van der Waals surface area contributed by atoms with E-state index < -0.39 is 30.8 Å². The van der Waals surface area contributed by atoms with Crippen molar-refractivity contribution in [1.29, 1.82) is 5.26 Å². The summed E-state index contributed by atoms with van der Waals surface area (Å²) in [6, 6.07) is 4.54. The first-order chi connectivity index (χ1) is 15.7. The van der Waals surface area contributed by atoms with Crippen molar-refractivity contribution < 1.29 is 13.6 Å². The van der Waals surface area contributed by atoms with Gasteiger partial charge in [-0.3, -0.25) is 9.48 Å². The molecule has 1 fully saturated rings. The topological polar surface area (TPSA) is 152 Å². The van der Waals surface area contributed by atoms with Crippen molar-refractivity contribution in [2.45, 2.75) is 24.8 Å². The van der Waals surface area contributed by atoms with Crippen LogP contribution < -0.4 is 21.7 Å². The minimum atomic E-state index is -2.97. The molecule has 1 amide bonds. The number of nitrogens with zero attached hydrogens (tertiary/aromatic N) is 6. The summed E-state index contributed by atoms with van der Waals surface area (Å²) < 4.78 is 30.1. The van der Waals surface area contributed by atoms with Gasteiger partial charge in [0.15, 0.2) is 11.5 Å². The van der Waals surface area contributed by atoms with Gasteiger partial charge in [0.25, 0.3) is 11.8 Å². The number of nitrogen functional groups attached to an aromatic ring is 1. The number of carbonyl (C=O) groups excluding carboxylic acids is 1. The lowest BCUT2D eigenvalue weighted by molar-refractivity contribution is -0.000526. The van der Waals surface area contributed by atoms with Crippen LogP contribution in [0.1, 0.15) is 29.0 Å². The largest absolute Gasteiger partial charge is 0.389 e. The third-order valence-electron chi connectivity index (χ3n) is 5.20. The highest BCUT2D eigenvalue weighted by molar-refractivity contribution is 7.19. The maximum absolute atomic E-state index is 14.3. The summed E-state index contributed by atoms with van der Waals surface area (Å²) in [5.41, 5.74) is 12.9. The maximum Gasteiger partial charge on any atom is 0.277 e. The Balaban J connectivity index is 1.59. The first-order valence-electron chi connectivity index (χ1n) is 10.0.